The Labute approximate surface area is 80.5 Å². The highest BCUT2D eigenvalue weighted by atomic mass is 31.2. The van der Waals surface area contributed by atoms with Gasteiger partial charge in [-0.3, -0.25) is 4.57 Å². The third-order valence-electron chi connectivity index (χ3n) is 2.49. The average Bonchev–Trinajstić information content (AvgIpc) is 2.01. The van der Waals surface area contributed by atoms with E-state index >= 15 is 0 Å². The van der Waals surface area contributed by atoms with Crippen molar-refractivity contribution in [3.8, 4) is 12.3 Å². The first-order valence-corrected chi connectivity index (χ1v) is 6.89. The van der Waals surface area contributed by atoms with Crippen molar-refractivity contribution in [1.29, 1.82) is 0 Å². The van der Waals surface area contributed by atoms with E-state index in [9.17, 15) is 4.57 Å². The molecule has 0 aromatic heterocycles. The lowest BCUT2D eigenvalue weighted by molar-refractivity contribution is 0.132. The van der Waals surface area contributed by atoms with Gasteiger partial charge in [-0.1, -0.05) is 12.8 Å². The van der Waals surface area contributed by atoms with Crippen molar-refractivity contribution in [3.63, 3.8) is 0 Å². The predicted octanol–water partition coefficient (Wildman–Crippen LogP) is 2.73. The fourth-order valence-corrected chi connectivity index (χ4v) is 4.33. The van der Waals surface area contributed by atoms with Crippen LogP contribution in [0.3, 0.4) is 0 Å². The second-order valence-corrected chi connectivity index (χ2v) is 6.77. The molecule has 1 aliphatic heterocycles. The molecule has 0 bridgehead atoms. The SMILES string of the molecule is C#CC1(C)CC(CC)OP(C)(=O)C1. The van der Waals surface area contributed by atoms with Gasteiger partial charge in [-0.05, 0) is 19.8 Å². The van der Waals surface area contributed by atoms with Crippen LogP contribution in [0.4, 0.5) is 0 Å². The maximum Gasteiger partial charge on any atom is 0.201 e. The Kier molecular flexibility index (Phi) is 2.90. The van der Waals surface area contributed by atoms with E-state index in [0.29, 0.717) is 6.16 Å². The molecule has 3 heteroatoms. The molecule has 0 aromatic carbocycles. The molecule has 0 aliphatic carbocycles. The van der Waals surface area contributed by atoms with Gasteiger partial charge in [0.15, 0.2) is 0 Å². The molecule has 13 heavy (non-hydrogen) atoms. The standard InChI is InChI=1S/C10H17O2P/c1-5-9-7-10(3,6-2)8-13(4,11)12-9/h2,9H,5,7-8H2,1,3-4H3. The van der Waals surface area contributed by atoms with Gasteiger partial charge >= 0.3 is 0 Å². The highest BCUT2D eigenvalue weighted by Gasteiger charge is 2.40. The second kappa shape index (κ2) is 3.48. The topological polar surface area (TPSA) is 26.3 Å². The van der Waals surface area contributed by atoms with Crippen LogP contribution in [0.15, 0.2) is 0 Å². The first kappa shape index (κ1) is 10.8. The molecular formula is C10H17O2P. The molecule has 0 spiro atoms. The summed E-state index contributed by atoms with van der Waals surface area (Å²) in [7, 11) is -2.44. The zero-order valence-corrected chi connectivity index (χ0v) is 9.43. The van der Waals surface area contributed by atoms with E-state index in [1.165, 1.54) is 0 Å². The zero-order chi connectivity index (χ0) is 10.1. The molecule has 0 N–H and O–H groups in total. The van der Waals surface area contributed by atoms with Crippen LogP contribution >= 0.6 is 7.37 Å². The molecule has 1 rings (SSSR count). The minimum Gasteiger partial charge on any atom is -0.325 e. The Bertz CT molecular complexity index is 279. The van der Waals surface area contributed by atoms with Crippen molar-refractivity contribution in [3.05, 3.63) is 0 Å². The lowest BCUT2D eigenvalue weighted by Crippen LogP contribution is -2.32. The molecule has 3 atom stereocenters. The Hall–Kier alpha value is -0.250. The predicted molar refractivity (Wildman–Crippen MR) is 55.1 cm³/mol. The summed E-state index contributed by atoms with van der Waals surface area (Å²) in [5, 5.41) is 0. The first-order chi connectivity index (χ1) is 5.91. The molecule has 74 valence electrons. The van der Waals surface area contributed by atoms with E-state index < -0.39 is 7.37 Å². The van der Waals surface area contributed by atoms with Crippen molar-refractivity contribution in [2.75, 3.05) is 12.8 Å². The van der Waals surface area contributed by atoms with Gasteiger partial charge in [0, 0.05) is 18.2 Å². The summed E-state index contributed by atoms with van der Waals surface area (Å²) in [4.78, 5) is 0. The Morgan fingerprint density at radius 2 is 2.38 bits per heavy atom. The lowest BCUT2D eigenvalue weighted by atomic mass is 9.86. The van der Waals surface area contributed by atoms with Crippen molar-refractivity contribution in [2.45, 2.75) is 32.8 Å². The fourth-order valence-electron chi connectivity index (χ4n) is 1.91. The third-order valence-corrected chi connectivity index (χ3v) is 4.51. The van der Waals surface area contributed by atoms with Gasteiger partial charge in [0.1, 0.15) is 0 Å². The van der Waals surface area contributed by atoms with Crippen LogP contribution in [0.5, 0.6) is 0 Å². The van der Waals surface area contributed by atoms with Crippen LogP contribution in [0.25, 0.3) is 0 Å². The molecule has 0 amide bonds. The van der Waals surface area contributed by atoms with Gasteiger partial charge in [0.2, 0.25) is 7.37 Å². The number of rotatable bonds is 1. The maximum absolute atomic E-state index is 11.9. The summed E-state index contributed by atoms with van der Waals surface area (Å²) in [5.74, 6) is 2.75. The van der Waals surface area contributed by atoms with Crippen molar-refractivity contribution >= 4 is 7.37 Å². The molecule has 0 aromatic rings. The molecule has 0 saturated carbocycles. The van der Waals surface area contributed by atoms with Gasteiger partial charge in [-0.25, -0.2) is 0 Å². The zero-order valence-electron chi connectivity index (χ0n) is 8.54. The highest BCUT2D eigenvalue weighted by Crippen LogP contribution is 2.55. The van der Waals surface area contributed by atoms with Crippen LogP contribution in [-0.4, -0.2) is 18.9 Å². The van der Waals surface area contributed by atoms with Gasteiger partial charge in [-0.2, -0.15) is 0 Å². The largest absolute Gasteiger partial charge is 0.325 e. The van der Waals surface area contributed by atoms with Gasteiger partial charge in [-0.15, -0.1) is 6.42 Å². The van der Waals surface area contributed by atoms with Crippen molar-refractivity contribution in [2.24, 2.45) is 5.41 Å². The van der Waals surface area contributed by atoms with Crippen LogP contribution in [0, 0.1) is 17.8 Å². The molecule has 0 radical (unpaired) electrons. The molecular weight excluding hydrogens is 183 g/mol. The average molecular weight is 200 g/mol. The summed E-state index contributed by atoms with van der Waals surface area (Å²) in [6, 6.07) is 0. The van der Waals surface area contributed by atoms with E-state index in [-0.39, 0.29) is 11.5 Å². The molecule has 1 fully saturated rings. The Balaban J connectivity index is 2.85. The number of hydrogen-bond donors (Lipinski definition) is 0. The molecule has 3 unspecified atom stereocenters. The molecule has 1 heterocycles. The fraction of sp³-hybridized carbons (Fsp3) is 0.800. The van der Waals surface area contributed by atoms with Crippen molar-refractivity contribution in [1.82, 2.24) is 0 Å². The van der Waals surface area contributed by atoms with Crippen LogP contribution in [0.1, 0.15) is 26.7 Å². The lowest BCUT2D eigenvalue weighted by Gasteiger charge is -2.37. The van der Waals surface area contributed by atoms with Crippen LogP contribution in [0.2, 0.25) is 0 Å². The number of terminal acetylenes is 1. The van der Waals surface area contributed by atoms with E-state index in [0.717, 1.165) is 12.8 Å². The van der Waals surface area contributed by atoms with E-state index in [1.807, 2.05) is 13.8 Å². The van der Waals surface area contributed by atoms with E-state index in [2.05, 4.69) is 5.92 Å². The highest BCUT2D eigenvalue weighted by molar-refractivity contribution is 7.58. The normalized spacial score (nSPS) is 45.5. The summed E-state index contributed by atoms with van der Waals surface area (Å²) in [6.07, 6.45) is 7.76. The third kappa shape index (κ3) is 2.59. The van der Waals surface area contributed by atoms with Crippen molar-refractivity contribution < 1.29 is 9.09 Å². The van der Waals surface area contributed by atoms with Gasteiger partial charge < -0.3 is 4.52 Å². The van der Waals surface area contributed by atoms with Crippen LogP contribution in [-0.2, 0) is 9.09 Å². The summed E-state index contributed by atoms with van der Waals surface area (Å²) in [6.45, 7) is 5.71. The monoisotopic (exact) mass is 200 g/mol. The quantitative estimate of drug-likeness (QED) is 0.480. The summed E-state index contributed by atoms with van der Waals surface area (Å²) >= 11 is 0. The molecule has 1 saturated heterocycles. The van der Waals surface area contributed by atoms with E-state index in [1.54, 1.807) is 6.66 Å². The maximum atomic E-state index is 11.9. The second-order valence-electron chi connectivity index (χ2n) is 4.22. The van der Waals surface area contributed by atoms with Crippen LogP contribution < -0.4 is 0 Å². The Morgan fingerprint density at radius 3 is 2.85 bits per heavy atom. The minimum absolute atomic E-state index is 0.0747. The summed E-state index contributed by atoms with van der Waals surface area (Å²) in [5.41, 5.74) is -0.233. The first-order valence-electron chi connectivity index (χ1n) is 4.63. The number of hydrogen-bond acceptors (Lipinski definition) is 2. The van der Waals surface area contributed by atoms with E-state index in [4.69, 9.17) is 10.9 Å². The molecule has 2 nitrogen and oxygen atoms in total. The smallest absolute Gasteiger partial charge is 0.201 e. The minimum atomic E-state index is -2.44. The Morgan fingerprint density at radius 1 is 1.77 bits per heavy atom. The summed E-state index contributed by atoms with van der Waals surface area (Å²) < 4.78 is 17.3. The van der Waals surface area contributed by atoms with Gasteiger partial charge in [0.05, 0.1) is 6.10 Å². The van der Waals surface area contributed by atoms with Gasteiger partial charge in [0.25, 0.3) is 0 Å². The molecule has 1 aliphatic rings.